The van der Waals surface area contributed by atoms with Crippen LogP contribution in [0.3, 0.4) is 0 Å². The van der Waals surface area contributed by atoms with E-state index < -0.39 is 0 Å². The van der Waals surface area contributed by atoms with Crippen molar-refractivity contribution in [3.8, 4) is 17.1 Å². The summed E-state index contributed by atoms with van der Waals surface area (Å²) in [6.45, 7) is 0. The zero-order valence-corrected chi connectivity index (χ0v) is 9.36. The Morgan fingerprint density at radius 1 is 0.889 bits per heavy atom. The van der Waals surface area contributed by atoms with Crippen LogP contribution in [-0.4, -0.2) is 20.2 Å². The van der Waals surface area contributed by atoms with Gasteiger partial charge in [0.2, 0.25) is 0 Å². The van der Waals surface area contributed by atoms with Gasteiger partial charge in [0.1, 0.15) is 11.5 Å². The Kier molecular flexibility index (Phi) is 2.57. The number of para-hydroxylation sites is 1. The van der Waals surface area contributed by atoms with Crippen molar-refractivity contribution in [1.82, 2.24) is 20.2 Å². The first kappa shape index (κ1) is 10.6. The molecule has 0 aliphatic carbocycles. The molecule has 0 N–H and O–H groups in total. The van der Waals surface area contributed by atoms with E-state index in [1.807, 2.05) is 30.3 Å². The van der Waals surface area contributed by atoms with E-state index in [-0.39, 0.29) is 5.82 Å². The lowest BCUT2D eigenvalue weighted by atomic mass is 10.2. The molecule has 88 valence electrons. The van der Waals surface area contributed by atoms with Crippen molar-refractivity contribution in [2.45, 2.75) is 0 Å². The first-order valence-electron chi connectivity index (χ1n) is 5.45. The summed E-state index contributed by atoms with van der Waals surface area (Å²) in [5.41, 5.74) is 1.17. The average molecular weight is 240 g/mol. The second kappa shape index (κ2) is 4.37. The predicted molar refractivity (Wildman–Crippen MR) is 64.5 cm³/mol. The molecule has 0 aliphatic rings. The maximum absolute atomic E-state index is 13.7. The summed E-state index contributed by atoms with van der Waals surface area (Å²) in [6, 6.07) is 15.8. The fourth-order valence-corrected chi connectivity index (χ4v) is 1.74. The third-order valence-electron chi connectivity index (χ3n) is 2.58. The van der Waals surface area contributed by atoms with Crippen LogP contribution in [0, 0.1) is 5.82 Å². The van der Waals surface area contributed by atoms with Gasteiger partial charge in [0.05, 0.1) is 0 Å². The Morgan fingerprint density at radius 3 is 2.39 bits per heavy atom. The minimum atomic E-state index is -0.359. The summed E-state index contributed by atoms with van der Waals surface area (Å²) < 4.78 is 15.1. The second-order valence-corrected chi connectivity index (χ2v) is 3.73. The van der Waals surface area contributed by atoms with Gasteiger partial charge in [0.15, 0.2) is 5.82 Å². The molecule has 0 saturated heterocycles. The van der Waals surface area contributed by atoms with Crippen molar-refractivity contribution in [3.05, 3.63) is 60.4 Å². The number of hydrogen-bond donors (Lipinski definition) is 0. The lowest BCUT2D eigenvalue weighted by molar-refractivity contribution is 0.608. The lowest BCUT2D eigenvalue weighted by Crippen LogP contribution is -2.02. The zero-order chi connectivity index (χ0) is 12.4. The minimum absolute atomic E-state index is 0.335. The molecule has 4 nitrogen and oxygen atoms in total. The van der Waals surface area contributed by atoms with E-state index in [0.717, 1.165) is 5.56 Å². The number of hydrogen-bond acceptors (Lipinski definition) is 3. The van der Waals surface area contributed by atoms with Gasteiger partial charge in [0, 0.05) is 5.56 Å². The van der Waals surface area contributed by atoms with Crippen LogP contribution in [0.1, 0.15) is 0 Å². The molecule has 0 atom stereocenters. The largest absolute Gasteiger partial charge is 0.205 e. The van der Waals surface area contributed by atoms with Crippen LogP contribution in [-0.2, 0) is 0 Å². The normalized spacial score (nSPS) is 10.5. The van der Waals surface area contributed by atoms with Crippen molar-refractivity contribution in [3.63, 3.8) is 0 Å². The number of rotatable bonds is 2. The highest BCUT2D eigenvalue weighted by Crippen LogP contribution is 2.20. The summed E-state index contributed by atoms with van der Waals surface area (Å²) in [6.07, 6.45) is 0. The van der Waals surface area contributed by atoms with Crippen molar-refractivity contribution >= 4 is 0 Å². The quantitative estimate of drug-likeness (QED) is 0.691. The molecule has 0 saturated carbocycles. The fraction of sp³-hybridized carbons (Fsp3) is 0. The van der Waals surface area contributed by atoms with E-state index >= 15 is 0 Å². The number of benzene rings is 2. The molecule has 3 rings (SSSR count). The molecule has 0 spiro atoms. The van der Waals surface area contributed by atoms with Gasteiger partial charge in [-0.05, 0) is 22.6 Å². The van der Waals surface area contributed by atoms with E-state index in [4.69, 9.17) is 0 Å². The van der Waals surface area contributed by atoms with Crippen LogP contribution >= 0.6 is 0 Å². The summed E-state index contributed by atoms with van der Waals surface area (Å²) in [4.78, 5) is 0. The molecule has 2 aromatic carbocycles. The van der Waals surface area contributed by atoms with Gasteiger partial charge in [0.25, 0.3) is 0 Å². The highest BCUT2D eigenvalue weighted by Gasteiger charge is 2.12. The minimum Gasteiger partial charge on any atom is -0.205 e. The van der Waals surface area contributed by atoms with Crippen LogP contribution < -0.4 is 0 Å². The molecule has 5 heteroatoms. The van der Waals surface area contributed by atoms with Crippen molar-refractivity contribution in [2.24, 2.45) is 0 Å². The Labute approximate surface area is 103 Å². The number of nitrogens with zero attached hydrogens (tertiary/aromatic N) is 4. The van der Waals surface area contributed by atoms with E-state index in [0.29, 0.717) is 11.5 Å². The summed E-state index contributed by atoms with van der Waals surface area (Å²) in [5, 5.41) is 11.4. The fourth-order valence-electron chi connectivity index (χ4n) is 1.74. The van der Waals surface area contributed by atoms with Crippen LogP contribution in [0.15, 0.2) is 54.6 Å². The Hall–Kier alpha value is -2.56. The van der Waals surface area contributed by atoms with Crippen LogP contribution in [0.5, 0.6) is 0 Å². The molecule has 0 aliphatic heterocycles. The zero-order valence-electron chi connectivity index (χ0n) is 9.36. The SMILES string of the molecule is Fc1ccccc1-n1nnnc1-c1ccccc1. The summed E-state index contributed by atoms with van der Waals surface area (Å²) >= 11 is 0. The van der Waals surface area contributed by atoms with E-state index in [1.54, 1.807) is 18.2 Å². The van der Waals surface area contributed by atoms with E-state index in [9.17, 15) is 4.39 Å². The first-order chi connectivity index (χ1) is 8.86. The van der Waals surface area contributed by atoms with Crippen molar-refractivity contribution in [1.29, 1.82) is 0 Å². The highest BCUT2D eigenvalue weighted by atomic mass is 19.1. The van der Waals surface area contributed by atoms with Crippen molar-refractivity contribution < 1.29 is 4.39 Å². The third kappa shape index (κ3) is 1.75. The maximum atomic E-state index is 13.7. The molecule has 18 heavy (non-hydrogen) atoms. The summed E-state index contributed by atoms with van der Waals surface area (Å²) in [5.74, 6) is 0.155. The van der Waals surface area contributed by atoms with Crippen LogP contribution in [0.2, 0.25) is 0 Å². The molecule has 1 aromatic heterocycles. The molecular formula is C13H9FN4. The molecule has 0 amide bonds. The predicted octanol–water partition coefficient (Wildman–Crippen LogP) is 2.47. The Morgan fingerprint density at radius 2 is 1.61 bits per heavy atom. The molecule has 1 heterocycles. The topological polar surface area (TPSA) is 43.6 Å². The van der Waals surface area contributed by atoms with Gasteiger partial charge in [-0.2, -0.15) is 4.68 Å². The second-order valence-electron chi connectivity index (χ2n) is 3.73. The van der Waals surface area contributed by atoms with Gasteiger partial charge in [-0.25, -0.2) is 4.39 Å². The molecule has 0 radical (unpaired) electrons. The van der Waals surface area contributed by atoms with E-state index in [2.05, 4.69) is 15.5 Å². The van der Waals surface area contributed by atoms with Gasteiger partial charge in [-0.3, -0.25) is 0 Å². The molecule has 3 aromatic rings. The van der Waals surface area contributed by atoms with Gasteiger partial charge < -0.3 is 0 Å². The highest BCUT2D eigenvalue weighted by molar-refractivity contribution is 5.57. The number of tetrazole rings is 1. The van der Waals surface area contributed by atoms with Crippen LogP contribution in [0.25, 0.3) is 17.1 Å². The smallest absolute Gasteiger partial charge is 0.187 e. The van der Waals surface area contributed by atoms with Gasteiger partial charge >= 0.3 is 0 Å². The van der Waals surface area contributed by atoms with E-state index in [1.165, 1.54) is 10.7 Å². The average Bonchev–Trinajstić information content (AvgIpc) is 2.89. The standard InChI is InChI=1S/C13H9FN4/c14-11-8-4-5-9-12(11)18-13(15-16-17-18)10-6-2-1-3-7-10/h1-9H. The van der Waals surface area contributed by atoms with Crippen LogP contribution in [0.4, 0.5) is 4.39 Å². The first-order valence-corrected chi connectivity index (χ1v) is 5.45. The molecular weight excluding hydrogens is 231 g/mol. The van der Waals surface area contributed by atoms with Gasteiger partial charge in [-0.1, -0.05) is 42.5 Å². The maximum Gasteiger partial charge on any atom is 0.187 e. The monoisotopic (exact) mass is 240 g/mol. The lowest BCUT2D eigenvalue weighted by Gasteiger charge is -2.05. The third-order valence-corrected chi connectivity index (χ3v) is 2.58. The molecule has 0 bridgehead atoms. The van der Waals surface area contributed by atoms with Gasteiger partial charge in [-0.15, -0.1) is 5.10 Å². The number of halogens is 1. The Bertz CT molecular complexity index is 664. The Balaban J connectivity index is 2.16. The van der Waals surface area contributed by atoms with Crippen molar-refractivity contribution in [2.75, 3.05) is 0 Å². The summed E-state index contributed by atoms with van der Waals surface area (Å²) in [7, 11) is 0. The molecule has 0 unspecified atom stereocenters. The molecule has 0 fully saturated rings. The number of aromatic nitrogens is 4.